The summed E-state index contributed by atoms with van der Waals surface area (Å²) < 4.78 is 17.6. The number of benzene rings is 2. The van der Waals surface area contributed by atoms with Crippen molar-refractivity contribution in [2.75, 3.05) is 19.3 Å². The zero-order valence-corrected chi connectivity index (χ0v) is 19.1. The highest BCUT2D eigenvalue weighted by Crippen LogP contribution is 2.25. The molecule has 0 N–H and O–H groups in total. The van der Waals surface area contributed by atoms with Crippen molar-refractivity contribution in [1.29, 1.82) is 0 Å². The van der Waals surface area contributed by atoms with Crippen LogP contribution in [0.5, 0.6) is 5.75 Å². The second-order valence-corrected chi connectivity index (χ2v) is 9.45. The fourth-order valence-corrected chi connectivity index (χ4v) is 4.34. The molecule has 3 heterocycles. The van der Waals surface area contributed by atoms with Gasteiger partial charge < -0.3 is 4.74 Å². The van der Waals surface area contributed by atoms with Crippen molar-refractivity contribution in [3.05, 3.63) is 91.1 Å². The third-order valence-corrected chi connectivity index (χ3v) is 6.53. The van der Waals surface area contributed by atoms with E-state index >= 15 is 0 Å². The van der Waals surface area contributed by atoms with E-state index in [0.717, 1.165) is 47.6 Å². The molecule has 1 aliphatic heterocycles. The highest BCUT2D eigenvalue weighted by atomic mass is 32.2. The number of nitrogens with zero attached hydrogens (tertiary/aromatic N) is 4. The Bertz CT molecular complexity index is 1220. The lowest BCUT2D eigenvalue weighted by atomic mass is 10.0. The Hall–Kier alpha value is -3.42. The molecule has 2 aromatic carbocycles. The molecule has 0 aliphatic carbocycles. The minimum Gasteiger partial charge on any atom is -0.488 e. The minimum absolute atomic E-state index is 0.206. The summed E-state index contributed by atoms with van der Waals surface area (Å²) in [4.78, 5) is 14.8. The Morgan fingerprint density at radius 2 is 1.48 bits per heavy atom. The fraction of sp³-hybridized carbons (Fsp3) is 0.192. The maximum atomic E-state index is 11.5. The van der Waals surface area contributed by atoms with Crippen LogP contribution in [-0.2, 0) is 17.3 Å². The van der Waals surface area contributed by atoms with E-state index in [1.54, 1.807) is 18.8 Å². The van der Waals surface area contributed by atoms with Crippen LogP contribution in [0.4, 0.5) is 0 Å². The second kappa shape index (κ2) is 9.60. The lowest BCUT2D eigenvalue weighted by Crippen LogP contribution is -2.53. The molecule has 0 radical (unpaired) electrons. The van der Waals surface area contributed by atoms with Crippen molar-refractivity contribution in [3.63, 3.8) is 0 Å². The molecule has 0 amide bonds. The van der Waals surface area contributed by atoms with Crippen LogP contribution in [0.15, 0.2) is 90.6 Å². The van der Waals surface area contributed by atoms with Gasteiger partial charge in [0.05, 0.1) is 10.8 Å². The van der Waals surface area contributed by atoms with Gasteiger partial charge in [-0.05, 0) is 34.9 Å². The van der Waals surface area contributed by atoms with Crippen molar-refractivity contribution < 1.29 is 8.95 Å². The molecular formula is C26H24N4O2S. The smallest absolute Gasteiger partial charge is 0.126 e. The van der Waals surface area contributed by atoms with Crippen molar-refractivity contribution in [1.82, 2.24) is 19.9 Å². The van der Waals surface area contributed by atoms with Gasteiger partial charge in [0.2, 0.25) is 0 Å². The summed E-state index contributed by atoms with van der Waals surface area (Å²) in [5.41, 5.74) is 5.49. The van der Waals surface area contributed by atoms with Crippen molar-refractivity contribution in [2.24, 2.45) is 0 Å². The summed E-state index contributed by atoms with van der Waals surface area (Å²) in [6.07, 6.45) is 8.80. The first-order valence-electron chi connectivity index (χ1n) is 10.8. The van der Waals surface area contributed by atoms with Crippen LogP contribution in [-0.4, -0.2) is 49.5 Å². The number of hydrogen-bond acceptors (Lipinski definition) is 6. The van der Waals surface area contributed by atoms with E-state index in [2.05, 4.69) is 44.1 Å². The number of aromatic nitrogens is 3. The molecule has 0 saturated carbocycles. The van der Waals surface area contributed by atoms with Crippen molar-refractivity contribution >= 4 is 10.8 Å². The SMILES string of the molecule is CS(=O)c1ccc(-c2ccc(OC3CN(Cc4ccc(-c5cncnc5)cc4)C3)cc2)cn1. The zero-order valence-electron chi connectivity index (χ0n) is 18.3. The molecule has 7 heteroatoms. The van der Waals surface area contributed by atoms with Crippen LogP contribution in [0.2, 0.25) is 0 Å². The Balaban J connectivity index is 1.11. The van der Waals surface area contributed by atoms with E-state index in [4.69, 9.17) is 4.74 Å². The normalized spacial score (nSPS) is 15.1. The molecule has 1 atom stereocenters. The predicted octanol–water partition coefficient (Wildman–Crippen LogP) is 4.21. The molecule has 33 heavy (non-hydrogen) atoms. The minimum atomic E-state index is -1.06. The Kier molecular flexibility index (Phi) is 6.24. The molecule has 1 unspecified atom stereocenters. The van der Waals surface area contributed by atoms with Gasteiger partial charge in [-0.3, -0.25) is 9.11 Å². The molecule has 1 fully saturated rings. The fourth-order valence-electron chi connectivity index (χ4n) is 3.87. The van der Waals surface area contributed by atoms with E-state index in [-0.39, 0.29) is 6.10 Å². The van der Waals surface area contributed by atoms with Gasteiger partial charge in [0.15, 0.2) is 0 Å². The van der Waals surface area contributed by atoms with E-state index in [9.17, 15) is 4.21 Å². The summed E-state index contributed by atoms with van der Waals surface area (Å²) in [6.45, 7) is 2.74. The molecule has 4 aromatic rings. The molecular weight excluding hydrogens is 432 g/mol. The third kappa shape index (κ3) is 5.16. The Morgan fingerprint density at radius 3 is 2.12 bits per heavy atom. The van der Waals surface area contributed by atoms with Crippen LogP contribution >= 0.6 is 0 Å². The van der Waals surface area contributed by atoms with Crippen LogP contribution < -0.4 is 4.74 Å². The number of hydrogen-bond donors (Lipinski definition) is 0. The zero-order chi connectivity index (χ0) is 22.6. The number of ether oxygens (including phenoxy) is 1. The quantitative estimate of drug-likeness (QED) is 0.415. The molecule has 2 aromatic heterocycles. The lowest BCUT2D eigenvalue weighted by molar-refractivity contribution is 0.0146. The molecule has 6 nitrogen and oxygen atoms in total. The first-order chi connectivity index (χ1) is 16.1. The van der Waals surface area contributed by atoms with Crippen LogP contribution in [0.3, 0.4) is 0 Å². The molecule has 1 aliphatic rings. The Labute approximate surface area is 195 Å². The van der Waals surface area contributed by atoms with E-state index < -0.39 is 10.8 Å². The summed E-state index contributed by atoms with van der Waals surface area (Å²) in [6, 6.07) is 20.4. The second-order valence-electron chi connectivity index (χ2n) is 8.12. The van der Waals surface area contributed by atoms with Gasteiger partial charge in [-0.15, -0.1) is 0 Å². The van der Waals surface area contributed by atoms with Crippen LogP contribution in [0.25, 0.3) is 22.3 Å². The average Bonchev–Trinajstić information content (AvgIpc) is 2.84. The molecule has 1 saturated heterocycles. The van der Waals surface area contributed by atoms with Crippen molar-refractivity contribution in [2.45, 2.75) is 17.7 Å². The van der Waals surface area contributed by atoms with Gasteiger partial charge in [-0.2, -0.15) is 0 Å². The van der Waals surface area contributed by atoms with Crippen molar-refractivity contribution in [3.8, 4) is 28.0 Å². The van der Waals surface area contributed by atoms with Gasteiger partial charge in [0, 0.05) is 55.6 Å². The number of pyridine rings is 1. The summed E-state index contributed by atoms with van der Waals surface area (Å²) >= 11 is 0. The maximum Gasteiger partial charge on any atom is 0.126 e. The van der Waals surface area contributed by atoms with E-state index in [1.165, 1.54) is 5.56 Å². The van der Waals surface area contributed by atoms with Crippen LogP contribution in [0, 0.1) is 0 Å². The largest absolute Gasteiger partial charge is 0.488 e. The van der Waals surface area contributed by atoms with E-state index in [1.807, 2.05) is 48.8 Å². The first-order valence-corrected chi connectivity index (χ1v) is 12.3. The highest BCUT2D eigenvalue weighted by Gasteiger charge is 2.28. The molecule has 0 spiro atoms. The number of likely N-dealkylation sites (tertiary alicyclic amines) is 1. The topological polar surface area (TPSA) is 68.2 Å². The number of rotatable bonds is 7. The molecule has 166 valence electrons. The maximum absolute atomic E-state index is 11.5. The third-order valence-electron chi connectivity index (χ3n) is 5.70. The van der Waals surface area contributed by atoms with Gasteiger partial charge in [0.25, 0.3) is 0 Å². The monoisotopic (exact) mass is 456 g/mol. The lowest BCUT2D eigenvalue weighted by Gasteiger charge is -2.39. The van der Waals surface area contributed by atoms with E-state index in [0.29, 0.717) is 5.03 Å². The molecule has 5 rings (SSSR count). The first kappa shape index (κ1) is 21.4. The van der Waals surface area contributed by atoms with Gasteiger partial charge >= 0.3 is 0 Å². The van der Waals surface area contributed by atoms with Gasteiger partial charge in [0.1, 0.15) is 23.2 Å². The Morgan fingerprint density at radius 1 is 0.848 bits per heavy atom. The molecule has 0 bridgehead atoms. The summed E-state index contributed by atoms with van der Waals surface area (Å²) in [7, 11) is -1.06. The standard InChI is InChI=1S/C26H24N4O2S/c1-33(31)26-11-8-22(14-29-26)20-6-9-24(10-7-20)32-25-16-30(17-25)15-19-2-4-21(5-3-19)23-12-27-18-28-13-23/h2-14,18,25H,15-17H2,1H3. The van der Waals surface area contributed by atoms with Gasteiger partial charge in [-0.25, -0.2) is 15.0 Å². The highest BCUT2D eigenvalue weighted by molar-refractivity contribution is 7.84. The predicted molar refractivity (Wildman–Crippen MR) is 129 cm³/mol. The van der Waals surface area contributed by atoms with Gasteiger partial charge in [-0.1, -0.05) is 42.5 Å². The summed E-state index contributed by atoms with van der Waals surface area (Å²) in [5.74, 6) is 0.872. The van der Waals surface area contributed by atoms with Crippen LogP contribution in [0.1, 0.15) is 5.56 Å². The summed E-state index contributed by atoms with van der Waals surface area (Å²) in [5, 5.41) is 0.593. The average molecular weight is 457 g/mol.